The maximum atomic E-state index is 9.73. The molecule has 0 bridgehead atoms. The molecular weight excluding hydrogens is 817 g/mol. The fourth-order valence-electron chi connectivity index (χ4n) is 8.49. The SMILES string of the molecule is [2H]c1nc(-n2c3cc(Oc4cccc(N5CN(c6c(-c7cccc(C(C)(C)C)c7)cccc6-c6c([2H])c([2H])c([2H])c([2H])c6[2H])c6ccccc65)c4)c([2H])c([2H])c3c3c([2H])c(-c4c([2H])c([2H])c([2H])c([2H])c4[2H])c([2H])c([2H])c32)c([2H])c(C(C)(C)C)c1[2H]. The molecule has 0 N–H and O–H groups in total. The van der Waals surface area contributed by atoms with E-state index in [2.05, 4.69) is 37.9 Å². The van der Waals surface area contributed by atoms with Crippen LogP contribution in [0.5, 0.6) is 11.5 Å². The standard InChI is InChI=1S/C62H54N4O/c1-61(2,3)46-23-15-22-45(36-46)52-27-17-26-51(43-20-11-8-12-21-43)60(52)65-41-64(56-28-13-14-29-57(56)65)48-24-16-25-49(39-48)67-50-31-32-53-54-37-44(42-18-9-7-10-19-42)30-33-55(54)66(58(53)40-50)59-38-47(34-35-63-59)62(4,5)6/h7-40H,41H2,1-6H3/i7D,8D,9D,10D,11D,12D,18D,19D,20D,21D,30D,31D,32D,33D,34D,35D,37D,38D. The zero-order chi connectivity index (χ0) is 61.5. The van der Waals surface area contributed by atoms with E-state index in [1.54, 1.807) is 45.0 Å². The minimum atomic E-state index is -0.908. The van der Waals surface area contributed by atoms with Gasteiger partial charge in [0.05, 0.1) is 52.8 Å². The molecule has 0 atom stereocenters. The average Bonchev–Trinajstić information content (AvgIpc) is 1.66. The molecule has 0 amide bonds. The fourth-order valence-corrected chi connectivity index (χ4v) is 8.49. The number of rotatable bonds is 8. The van der Waals surface area contributed by atoms with Crippen LogP contribution < -0.4 is 14.5 Å². The Morgan fingerprint density at radius 2 is 1.19 bits per heavy atom. The second kappa shape index (κ2) is 16.5. The Labute approximate surface area is 419 Å². The van der Waals surface area contributed by atoms with Crippen molar-refractivity contribution in [2.24, 2.45) is 0 Å². The highest BCUT2D eigenvalue weighted by Gasteiger charge is 2.32. The van der Waals surface area contributed by atoms with Crippen LogP contribution in [0.25, 0.3) is 61.0 Å². The lowest BCUT2D eigenvalue weighted by molar-refractivity contribution is 0.483. The zero-order valence-electron chi connectivity index (χ0n) is 55.6. The van der Waals surface area contributed by atoms with Gasteiger partial charge in [0.15, 0.2) is 0 Å². The van der Waals surface area contributed by atoms with Crippen molar-refractivity contribution >= 4 is 44.6 Å². The van der Waals surface area contributed by atoms with Gasteiger partial charge in [-0.05, 0) is 105 Å². The van der Waals surface area contributed by atoms with Gasteiger partial charge >= 0.3 is 0 Å². The number of hydrogen-bond donors (Lipinski definition) is 0. The Hall–Kier alpha value is -7.89. The van der Waals surface area contributed by atoms with Gasteiger partial charge < -0.3 is 14.5 Å². The number of para-hydroxylation sites is 3. The normalized spacial score (nSPS) is 16.6. The Balaban J connectivity index is 1.10. The highest BCUT2D eigenvalue weighted by atomic mass is 16.5. The molecular formula is C62H54N4O. The minimum Gasteiger partial charge on any atom is -0.457 e. The molecule has 3 heterocycles. The van der Waals surface area contributed by atoms with Crippen LogP contribution in [0, 0.1) is 0 Å². The van der Waals surface area contributed by atoms with E-state index in [4.69, 9.17) is 21.2 Å². The van der Waals surface area contributed by atoms with E-state index in [-0.39, 0.29) is 86.5 Å². The number of pyridine rings is 1. The first-order valence-corrected chi connectivity index (χ1v) is 21.8. The van der Waals surface area contributed by atoms with E-state index in [1.807, 2.05) is 64.4 Å². The zero-order valence-corrected chi connectivity index (χ0v) is 37.6. The summed E-state index contributed by atoms with van der Waals surface area (Å²) >= 11 is 0. The summed E-state index contributed by atoms with van der Waals surface area (Å²) in [5.74, 6) is -0.324. The highest BCUT2D eigenvalue weighted by molar-refractivity contribution is 6.11. The molecule has 0 saturated heterocycles. The maximum Gasteiger partial charge on any atom is 0.137 e. The van der Waals surface area contributed by atoms with Crippen LogP contribution in [-0.4, -0.2) is 16.2 Å². The van der Waals surface area contributed by atoms with Gasteiger partial charge in [-0.2, -0.15) is 0 Å². The van der Waals surface area contributed by atoms with E-state index < -0.39 is 101 Å². The number of ether oxygens (including phenoxy) is 1. The van der Waals surface area contributed by atoms with Crippen LogP contribution in [0.2, 0.25) is 0 Å². The minimum absolute atomic E-state index is 0.0301. The Morgan fingerprint density at radius 1 is 0.507 bits per heavy atom. The number of anilines is 4. The van der Waals surface area contributed by atoms with E-state index >= 15 is 0 Å². The summed E-state index contributed by atoms with van der Waals surface area (Å²) in [7, 11) is 0. The van der Waals surface area contributed by atoms with Crippen LogP contribution in [-0.2, 0) is 10.8 Å². The van der Waals surface area contributed by atoms with Crippen molar-refractivity contribution < 1.29 is 29.4 Å². The monoisotopic (exact) mass is 889 g/mol. The second-order valence-electron chi connectivity index (χ2n) is 18.4. The summed E-state index contributed by atoms with van der Waals surface area (Å²) in [6.45, 7) is 11.7. The summed E-state index contributed by atoms with van der Waals surface area (Å²) in [5, 5.41) is -0.393. The van der Waals surface area contributed by atoms with Crippen molar-refractivity contribution in [2.45, 2.75) is 52.4 Å². The smallest absolute Gasteiger partial charge is 0.137 e. The van der Waals surface area contributed by atoms with E-state index in [9.17, 15) is 8.22 Å². The summed E-state index contributed by atoms with van der Waals surface area (Å²) < 4.78 is 170. The topological polar surface area (TPSA) is 33.5 Å². The summed E-state index contributed by atoms with van der Waals surface area (Å²) in [4.78, 5) is 8.45. The van der Waals surface area contributed by atoms with E-state index in [1.165, 1.54) is 10.6 Å². The molecule has 2 aromatic heterocycles. The first kappa shape index (κ1) is 26.3. The van der Waals surface area contributed by atoms with Crippen LogP contribution in [0.4, 0.5) is 22.7 Å². The lowest BCUT2D eigenvalue weighted by Gasteiger charge is -2.28. The number of hydrogen-bond acceptors (Lipinski definition) is 4. The third-order valence-corrected chi connectivity index (χ3v) is 11.9. The van der Waals surface area contributed by atoms with Gasteiger partial charge in [-0.25, -0.2) is 4.98 Å². The van der Waals surface area contributed by atoms with Gasteiger partial charge in [0.2, 0.25) is 0 Å². The van der Waals surface area contributed by atoms with Gasteiger partial charge in [-0.15, -0.1) is 0 Å². The molecule has 1 aliphatic heterocycles. The van der Waals surface area contributed by atoms with Crippen molar-refractivity contribution in [1.29, 1.82) is 0 Å². The molecule has 328 valence electrons. The fraction of sp³-hybridized carbons (Fsp3) is 0.145. The molecule has 0 fully saturated rings. The van der Waals surface area contributed by atoms with Crippen LogP contribution in [0.1, 0.15) is 77.3 Å². The van der Waals surface area contributed by atoms with E-state index in [0.29, 0.717) is 16.9 Å². The molecule has 11 rings (SSSR count). The molecule has 8 aromatic carbocycles. The van der Waals surface area contributed by atoms with Gasteiger partial charge in [-0.3, -0.25) is 4.57 Å². The van der Waals surface area contributed by atoms with E-state index in [0.717, 1.165) is 28.1 Å². The molecule has 10 aromatic rings. The lowest BCUT2D eigenvalue weighted by Crippen LogP contribution is -2.25. The number of benzene rings is 8. The number of nitrogens with zero attached hydrogens (tertiary/aromatic N) is 4. The van der Waals surface area contributed by atoms with Crippen molar-refractivity contribution in [3.8, 4) is 50.7 Å². The molecule has 0 saturated carbocycles. The molecule has 1 aliphatic rings. The van der Waals surface area contributed by atoms with Gasteiger partial charge in [0, 0.05) is 45.9 Å². The second-order valence-corrected chi connectivity index (χ2v) is 18.4. The van der Waals surface area contributed by atoms with Crippen LogP contribution in [0.15, 0.2) is 206 Å². The van der Waals surface area contributed by atoms with Crippen molar-refractivity contribution in [1.82, 2.24) is 9.55 Å². The molecule has 67 heavy (non-hydrogen) atoms. The van der Waals surface area contributed by atoms with Crippen LogP contribution >= 0.6 is 0 Å². The Bertz CT molecular complexity index is 4470. The molecule has 5 nitrogen and oxygen atoms in total. The Morgan fingerprint density at radius 3 is 1.94 bits per heavy atom. The van der Waals surface area contributed by atoms with Crippen molar-refractivity contribution in [2.75, 3.05) is 16.5 Å². The highest BCUT2D eigenvalue weighted by Crippen LogP contribution is 2.51. The maximum absolute atomic E-state index is 9.73. The quantitative estimate of drug-likeness (QED) is 0.152. The van der Waals surface area contributed by atoms with Crippen molar-refractivity contribution in [3.63, 3.8) is 0 Å². The third-order valence-electron chi connectivity index (χ3n) is 11.9. The third kappa shape index (κ3) is 7.80. The first-order valence-electron chi connectivity index (χ1n) is 30.8. The molecule has 0 aliphatic carbocycles. The first-order chi connectivity index (χ1) is 40.0. The van der Waals surface area contributed by atoms with Crippen molar-refractivity contribution in [3.05, 3.63) is 217 Å². The predicted octanol–water partition coefficient (Wildman–Crippen LogP) is 16.8. The largest absolute Gasteiger partial charge is 0.457 e. The van der Waals surface area contributed by atoms with Gasteiger partial charge in [0.25, 0.3) is 0 Å². The molecule has 0 radical (unpaired) electrons. The average molecular weight is 889 g/mol. The predicted molar refractivity (Wildman–Crippen MR) is 281 cm³/mol. The lowest BCUT2D eigenvalue weighted by atomic mass is 9.85. The van der Waals surface area contributed by atoms with Gasteiger partial charge in [0.1, 0.15) is 24.0 Å². The Kier molecular flexibility index (Phi) is 6.49. The summed E-state index contributed by atoms with van der Waals surface area (Å²) in [6, 6.07) is 20.1. The summed E-state index contributed by atoms with van der Waals surface area (Å²) in [5.41, 5.74) is 3.34. The molecule has 0 spiro atoms. The van der Waals surface area contributed by atoms with Gasteiger partial charge in [-0.1, -0.05) is 169 Å². The number of fused-ring (bicyclic) bond motifs is 4. The molecule has 0 unspecified atom stereocenters. The number of aromatic nitrogens is 2. The molecule has 5 heteroatoms. The van der Waals surface area contributed by atoms with Crippen LogP contribution in [0.3, 0.4) is 0 Å². The summed E-state index contributed by atoms with van der Waals surface area (Å²) in [6.07, 6.45) is -0.535.